The largest absolute Gasteiger partial charge is 0.478 e. The van der Waals surface area contributed by atoms with Gasteiger partial charge in [-0.05, 0) is 25.5 Å². The third kappa shape index (κ3) is 2.76. The second kappa shape index (κ2) is 5.28. The van der Waals surface area contributed by atoms with Gasteiger partial charge in [-0.3, -0.25) is 14.5 Å². The first-order valence-corrected chi connectivity index (χ1v) is 6.17. The Bertz CT molecular complexity index is 585. The molecule has 0 bridgehead atoms. The van der Waals surface area contributed by atoms with Crippen molar-refractivity contribution < 1.29 is 19.5 Å². The number of imide groups is 1. The fraction of sp³-hybridized carbons (Fsp3) is 0.385. The molecule has 0 aromatic carbocycles. The number of carboxylic acid groups (broad SMARTS) is 1. The number of nitrogens with zero attached hydrogens (tertiary/aromatic N) is 2. The molecule has 1 aliphatic rings. The van der Waals surface area contributed by atoms with E-state index in [-0.39, 0.29) is 23.8 Å². The van der Waals surface area contributed by atoms with E-state index in [0.717, 1.165) is 4.90 Å². The Labute approximate surface area is 115 Å². The molecule has 1 aliphatic heterocycles. The summed E-state index contributed by atoms with van der Waals surface area (Å²) in [4.78, 5) is 39.5. The minimum absolute atomic E-state index is 0.104. The standard InChI is InChI=1S/C13H15N3O4/c1-7-5-8(13(19)20)6-10(14-7)15-9-3-4-11(17)16(2)12(9)18/h5-6,9H,3-4H2,1-2H3,(H,14,15)(H,19,20). The summed E-state index contributed by atoms with van der Waals surface area (Å²) < 4.78 is 0. The van der Waals surface area contributed by atoms with E-state index in [1.54, 1.807) is 6.92 Å². The van der Waals surface area contributed by atoms with Crippen LogP contribution in [0.2, 0.25) is 0 Å². The fourth-order valence-electron chi connectivity index (χ4n) is 2.09. The van der Waals surface area contributed by atoms with E-state index in [1.165, 1.54) is 19.2 Å². The van der Waals surface area contributed by atoms with Crippen LogP contribution in [0.1, 0.15) is 28.9 Å². The van der Waals surface area contributed by atoms with Crippen LogP contribution in [0.15, 0.2) is 12.1 Å². The molecule has 1 aromatic rings. The second-order valence-electron chi connectivity index (χ2n) is 4.71. The third-order valence-electron chi connectivity index (χ3n) is 3.17. The molecule has 0 radical (unpaired) electrons. The molecule has 2 rings (SSSR count). The van der Waals surface area contributed by atoms with Gasteiger partial charge in [-0.1, -0.05) is 0 Å². The van der Waals surface area contributed by atoms with E-state index < -0.39 is 12.0 Å². The van der Waals surface area contributed by atoms with Gasteiger partial charge in [0.1, 0.15) is 11.9 Å². The molecule has 0 spiro atoms. The van der Waals surface area contributed by atoms with Crippen molar-refractivity contribution in [1.82, 2.24) is 9.88 Å². The number of hydrogen-bond donors (Lipinski definition) is 2. The van der Waals surface area contributed by atoms with Gasteiger partial charge >= 0.3 is 5.97 Å². The highest BCUT2D eigenvalue weighted by Gasteiger charge is 2.31. The van der Waals surface area contributed by atoms with Crippen molar-refractivity contribution in [3.63, 3.8) is 0 Å². The molecule has 7 heteroatoms. The predicted octanol–water partition coefficient (Wildman–Crippen LogP) is 0.648. The maximum atomic E-state index is 11.9. The Morgan fingerprint density at radius 1 is 1.45 bits per heavy atom. The van der Waals surface area contributed by atoms with Gasteiger partial charge in [0.25, 0.3) is 5.91 Å². The molecule has 2 N–H and O–H groups in total. The lowest BCUT2D eigenvalue weighted by Crippen LogP contribution is -2.48. The van der Waals surface area contributed by atoms with Gasteiger partial charge in [0.2, 0.25) is 5.91 Å². The first-order chi connectivity index (χ1) is 9.38. The number of anilines is 1. The molecule has 1 unspecified atom stereocenters. The van der Waals surface area contributed by atoms with Gasteiger partial charge < -0.3 is 10.4 Å². The van der Waals surface area contributed by atoms with E-state index in [0.29, 0.717) is 17.9 Å². The van der Waals surface area contributed by atoms with Crippen molar-refractivity contribution in [2.75, 3.05) is 12.4 Å². The molecule has 1 fully saturated rings. The van der Waals surface area contributed by atoms with Crippen LogP contribution in [-0.2, 0) is 9.59 Å². The number of aromatic nitrogens is 1. The van der Waals surface area contributed by atoms with Crippen molar-refractivity contribution in [2.24, 2.45) is 0 Å². The first-order valence-electron chi connectivity index (χ1n) is 6.17. The summed E-state index contributed by atoms with van der Waals surface area (Å²) in [7, 11) is 1.44. The molecule has 0 aliphatic carbocycles. The van der Waals surface area contributed by atoms with Gasteiger partial charge in [0.05, 0.1) is 5.56 Å². The Hall–Kier alpha value is -2.44. The van der Waals surface area contributed by atoms with Gasteiger partial charge in [-0.25, -0.2) is 9.78 Å². The zero-order valence-corrected chi connectivity index (χ0v) is 11.2. The minimum atomic E-state index is -1.05. The van der Waals surface area contributed by atoms with E-state index in [1.807, 2.05) is 0 Å². The number of rotatable bonds is 3. The van der Waals surface area contributed by atoms with Crippen LogP contribution in [0.5, 0.6) is 0 Å². The number of carboxylic acids is 1. The highest BCUT2D eigenvalue weighted by atomic mass is 16.4. The molecule has 0 saturated carbocycles. The number of likely N-dealkylation sites (N-methyl/N-ethyl adjacent to an activating group) is 1. The van der Waals surface area contributed by atoms with Crippen molar-refractivity contribution >= 4 is 23.6 Å². The van der Waals surface area contributed by atoms with Crippen molar-refractivity contribution in [3.05, 3.63) is 23.4 Å². The second-order valence-corrected chi connectivity index (χ2v) is 4.71. The predicted molar refractivity (Wildman–Crippen MR) is 70.4 cm³/mol. The van der Waals surface area contributed by atoms with Crippen molar-refractivity contribution in [2.45, 2.75) is 25.8 Å². The highest BCUT2D eigenvalue weighted by molar-refractivity contribution is 6.01. The van der Waals surface area contributed by atoms with Crippen LogP contribution < -0.4 is 5.32 Å². The zero-order chi connectivity index (χ0) is 14.9. The number of aromatic carboxylic acids is 1. The van der Waals surface area contributed by atoms with E-state index >= 15 is 0 Å². The topological polar surface area (TPSA) is 99.6 Å². The van der Waals surface area contributed by atoms with Gasteiger partial charge in [-0.2, -0.15) is 0 Å². The summed E-state index contributed by atoms with van der Waals surface area (Å²) in [6.07, 6.45) is 0.650. The van der Waals surface area contributed by atoms with Crippen LogP contribution in [0.4, 0.5) is 5.82 Å². The number of carbonyl (C=O) groups is 3. The average Bonchev–Trinajstić information content (AvgIpc) is 2.39. The van der Waals surface area contributed by atoms with Crippen LogP contribution in [0.25, 0.3) is 0 Å². The number of likely N-dealkylation sites (tertiary alicyclic amines) is 1. The number of hydrogen-bond acceptors (Lipinski definition) is 5. The number of aryl methyl sites for hydroxylation is 1. The van der Waals surface area contributed by atoms with Crippen LogP contribution in [-0.4, -0.2) is 45.9 Å². The van der Waals surface area contributed by atoms with Crippen LogP contribution in [0.3, 0.4) is 0 Å². The normalized spacial score (nSPS) is 19.1. The average molecular weight is 277 g/mol. The first kappa shape index (κ1) is 14.0. The van der Waals surface area contributed by atoms with Gasteiger partial charge in [0.15, 0.2) is 0 Å². The zero-order valence-electron chi connectivity index (χ0n) is 11.2. The monoisotopic (exact) mass is 277 g/mol. The Morgan fingerprint density at radius 2 is 2.15 bits per heavy atom. The number of piperidine rings is 1. The summed E-state index contributed by atoms with van der Waals surface area (Å²) in [5.74, 6) is -1.28. The molecule has 20 heavy (non-hydrogen) atoms. The number of nitrogens with one attached hydrogen (secondary N) is 1. The van der Waals surface area contributed by atoms with Gasteiger partial charge in [-0.15, -0.1) is 0 Å². The quantitative estimate of drug-likeness (QED) is 0.787. The third-order valence-corrected chi connectivity index (χ3v) is 3.17. The Balaban J connectivity index is 2.20. The Kier molecular flexibility index (Phi) is 3.69. The smallest absolute Gasteiger partial charge is 0.335 e. The van der Waals surface area contributed by atoms with E-state index in [9.17, 15) is 14.4 Å². The lowest BCUT2D eigenvalue weighted by atomic mass is 10.0. The Morgan fingerprint density at radius 3 is 2.80 bits per heavy atom. The molecule has 1 aromatic heterocycles. The van der Waals surface area contributed by atoms with Crippen molar-refractivity contribution in [1.29, 1.82) is 0 Å². The summed E-state index contributed by atoms with van der Waals surface area (Å²) in [5, 5.41) is 11.9. The number of carbonyl (C=O) groups excluding carboxylic acids is 2. The van der Waals surface area contributed by atoms with Crippen molar-refractivity contribution in [3.8, 4) is 0 Å². The molecule has 7 nitrogen and oxygen atoms in total. The summed E-state index contributed by atoms with van der Waals surface area (Å²) in [5.41, 5.74) is 0.646. The van der Waals surface area contributed by atoms with E-state index in [2.05, 4.69) is 10.3 Å². The summed E-state index contributed by atoms with van der Waals surface area (Å²) in [6, 6.07) is 2.26. The number of amides is 2. The van der Waals surface area contributed by atoms with Crippen LogP contribution in [0, 0.1) is 6.92 Å². The molecule has 1 saturated heterocycles. The van der Waals surface area contributed by atoms with Crippen LogP contribution >= 0.6 is 0 Å². The fourth-order valence-corrected chi connectivity index (χ4v) is 2.09. The molecule has 2 heterocycles. The molecule has 106 valence electrons. The molecule has 1 atom stereocenters. The SMILES string of the molecule is Cc1cc(C(=O)O)cc(NC2CCC(=O)N(C)C2=O)n1. The summed E-state index contributed by atoms with van der Waals surface area (Å²) in [6.45, 7) is 1.68. The van der Waals surface area contributed by atoms with E-state index in [4.69, 9.17) is 5.11 Å². The molecule has 2 amide bonds. The lowest BCUT2D eigenvalue weighted by molar-refractivity contribution is -0.146. The highest BCUT2D eigenvalue weighted by Crippen LogP contribution is 2.17. The number of pyridine rings is 1. The molecular weight excluding hydrogens is 262 g/mol. The molecular formula is C13H15N3O4. The maximum absolute atomic E-state index is 11.9. The maximum Gasteiger partial charge on any atom is 0.335 e. The lowest BCUT2D eigenvalue weighted by Gasteiger charge is -2.28. The minimum Gasteiger partial charge on any atom is -0.478 e. The summed E-state index contributed by atoms with van der Waals surface area (Å²) >= 11 is 0. The van der Waals surface area contributed by atoms with Gasteiger partial charge in [0, 0.05) is 19.2 Å².